The molecule has 0 bridgehead atoms. The first-order chi connectivity index (χ1) is 4.20. The van der Waals surface area contributed by atoms with E-state index in [0.29, 0.717) is 0 Å². The van der Waals surface area contributed by atoms with Crippen molar-refractivity contribution in [1.82, 2.24) is 9.97 Å². The molecule has 48 valence electrons. The normalized spacial score (nSPS) is 9.67. The van der Waals surface area contributed by atoms with Gasteiger partial charge in [-0.2, -0.15) is 13.8 Å². The zero-order chi connectivity index (χ0) is 6.85. The molecule has 2 nitrogen and oxygen atoms in total. The molecule has 1 rings (SSSR count). The summed E-state index contributed by atoms with van der Waals surface area (Å²) in [5.41, 5.74) is 0.247. The molecule has 0 saturated carbocycles. The molecule has 0 fully saturated rings. The highest BCUT2D eigenvalue weighted by Gasteiger charge is 1.99. The molecule has 0 spiro atoms. The molecule has 4 heteroatoms. The lowest BCUT2D eigenvalue weighted by Gasteiger charge is -1.90. The highest BCUT2D eigenvalue weighted by Crippen LogP contribution is 1.98. The maximum atomic E-state index is 12.2. The SMILES string of the molecule is Cc1cnc(F)nc1F. The van der Waals surface area contributed by atoms with Crippen LogP contribution >= 0.6 is 0 Å². The van der Waals surface area contributed by atoms with Crippen molar-refractivity contribution in [2.75, 3.05) is 0 Å². The monoisotopic (exact) mass is 130 g/mol. The van der Waals surface area contributed by atoms with E-state index >= 15 is 0 Å². The lowest BCUT2D eigenvalue weighted by Crippen LogP contribution is -1.94. The zero-order valence-electron chi connectivity index (χ0n) is 4.73. The highest BCUT2D eigenvalue weighted by atomic mass is 19.1. The predicted octanol–water partition coefficient (Wildman–Crippen LogP) is 1.06. The van der Waals surface area contributed by atoms with Crippen molar-refractivity contribution in [2.24, 2.45) is 0 Å². The van der Waals surface area contributed by atoms with E-state index < -0.39 is 12.0 Å². The molecule has 0 atom stereocenters. The van der Waals surface area contributed by atoms with Gasteiger partial charge in [-0.15, -0.1) is 0 Å². The van der Waals surface area contributed by atoms with Crippen LogP contribution in [-0.2, 0) is 0 Å². The molecule has 1 aromatic heterocycles. The van der Waals surface area contributed by atoms with Crippen LogP contribution in [0.25, 0.3) is 0 Å². The van der Waals surface area contributed by atoms with E-state index in [1.807, 2.05) is 0 Å². The Labute approximate surface area is 50.6 Å². The van der Waals surface area contributed by atoms with Crippen molar-refractivity contribution in [2.45, 2.75) is 6.92 Å². The Morgan fingerprint density at radius 2 is 2.11 bits per heavy atom. The van der Waals surface area contributed by atoms with Gasteiger partial charge >= 0.3 is 6.08 Å². The van der Waals surface area contributed by atoms with Crippen molar-refractivity contribution < 1.29 is 8.78 Å². The molecule has 0 aliphatic heterocycles. The lowest BCUT2D eigenvalue weighted by atomic mass is 10.4. The van der Waals surface area contributed by atoms with Crippen LogP contribution in [0, 0.1) is 18.9 Å². The third-order valence-corrected chi connectivity index (χ3v) is 0.881. The van der Waals surface area contributed by atoms with Gasteiger partial charge in [0, 0.05) is 11.8 Å². The van der Waals surface area contributed by atoms with Gasteiger partial charge in [-0.1, -0.05) is 0 Å². The molecule has 0 radical (unpaired) electrons. The smallest absolute Gasteiger partial charge is 0.210 e. The van der Waals surface area contributed by atoms with Crippen LogP contribution in [0.1, 0.15) is 5.56 Å². The van der Waals surface area contributed by atoms with Crippen LogP contribution in [0.2, 0.25) is 0 Å². The quantitative estimate of drug-likeness (QED) is 0.387. The van der Waals surface area contributed by atoms with Crippen molar-refractivity contribution in [1.29, 1.82) is 0 Å². The van der Waals surface area contributed by atoms with Gasteiger partial charge in [0.05, 0.1) is 0 Å². The standard InChI is InChI=1S/C5H4F2N2/c1-3-2-8-5(7)9-4(3)6/h2H,1H3. The summed E-state index contributed by atoms with van der Waals surface area (Å²) >= 11 is 0. The Hall–Kier alpha value is -1.06. The minimum absolute atomic E-state index is 0.247. The fraction of sp³-hybridized carbons (Fsp3) is 0.200. The fourth-order valence-corrected chi connectivity index (χ4v) is 0.401. The third kappa shape index (κ3) is 1.19. The maximum absolute atomic E-state index is 12.2. The number of hydrogen-bond donors (Lipinski definition) is 0. The molecule has 0 aliphatic carbocycles. The van der Waals surface area contributed by atoms with Gasteiger partial charge in [0.1, 0.15) is 0 Å². The minimum Gasteiger partial charge on any atom is -0.210 e. The van der Waals surface area contributed by atoms with E-state index in [2.05, 4.69) is 9.97 Å². The van der Waals surface area contributed by atoms with E-state index in [0.717, 1.165) is 6.20 Å². The minimum atomic E-state index is -1.03. The molecule has 0 unspecified atom stereocenters. The number of hydrogen-bond acceptors (Lipinski definition) is 2. The second kappa shape index (κ2) is 2.05. The van der Waals surface area contributed by atoms with Crippen LogP contribution in [0.3, 0.4) is 0 Å². The van der Waals surface area contributed by atoms with Gasteiger partial charge in [-0.3, -0.25) is 0 Å². The van der Waals surface area contributed by atoms with Gasteiger partial charge in [0.2, 0.25) is 5.95 Å². The summed E-state index contributed by atoms with van der Waals surface area (Å²) in [6, 6.07) is 0. The van der Waals surface area contributed by atoms with Gasteiger partial charge in [-0.05, 0) is 6.92 Å². The zero-order valence-corrected chi connectivity index (χ0v) is 4.73. The molecule has 0 amide bonds. The molecule has 1 heterocycles. The van der Waals surface area contributed by atoms with Gasteiger partial charge in [0.15, 0.2) is 0 Å². The Morgan fingerprint density at radius 1 is 1.44 bits per heavy atom. The highest BCUT2D eigenvalue weighted by molar-refractivity contribution is 5.00. The number of aromatic nitrogens is 2. The third-order valence-electron chi connectivity index (χ3n) is 0.881. The summed E-state index contributed by atoms with van der Waals surface area (Å²) in [4.78, 5) is 5.95. The Kier molecular flexibility index (Phi) is 1.38. The molecular weight excluding hydrogens is 126 g/mol. The van der Waals surface area contributed by atoms with Crippen molar-refractivity contribution in [3.05, 3.63) is 23.8 Å². The van der Waals surface area contributed by atoms with E-state index in [1.165, 1.54) is 6.92 Å². The number of halogens is 2. The van der Waals surface area contributed by atoms with Crippen LogP contribution < -0.4 is 0 Å². The number of nitrogens with zero attached hydrogens (tertiary/aromatic N) is 2. The Bertz CT molecular complexity index is 224. The second-order valence-corrected chi connectivity index (χ2v) is 1.61. The Balaban J connectivity index is 3.17. The summed E-state index contributed by atoms with van der Waals surface area (Å²) in [5, 5.41) is 0. The molecular formula is C5H4F2N2. The summed E-state index contributed by atoms with van der Waals surface area (Å²) in [7, 11) is 0. The first-order valence-electron chi connectivity index (χ1n) is 2.35. The summed E-state index contributed by atoms with van der Waals surface area (Å²) in [6.07, 6.45) is 0.0654. The van der Waals surface area contributed by atoms with Gasteiger partial charge in [-0.25, -0.2) is 4.98 Å². The fourth-order valence-electron chi connectivity index (χ4n) is 0.401. The van der Waals surface area contributed by atoms with Crippen molar-refractivity contribution >= 4 is 0 Å². The first-order valence-corrected chi connectivity index (χ1v) is 2.35. The first kappa shape index (κ1) is 6.07. The van der Waals surface area contributed by atoms with Crippen LogP contribution in [0.5, 0.6) is 0 Å². The topological polar surface area (TPSA) is 25.8 Å². The Morgan fingerprint density at radius 3 is 2.56 bits per heavy atom. The van der Waals surface area contributed by atoms with Crippen LogP contribution in [0.4, 0.5) is 8.78 Å². The average Bonchev–Trinajstić information content (AvgIpc) is 1.80. The molecule has 1 aromatic rings. The molecule has 0 saturated heterocycles. The molecule has 0 N–H and O–H groups in total. The maximum Gasteiger partial charge on any atom is 0.311 e. The van der Waals surface area contributed by atoms with Crippen LogP contribution in [0.15, 0.2) is 6.20 Å². The second-order valence-electron chi connectivity index (χ2n) is 1.61. The van der Waals surface area contributed by atoms with Crippen molar-refractivity contribution in [3.8, 4) is 0 Å². The average molecular weight is 130 g/mol. The van der Waals surface area contributed by atoms with E-state index in [9.17, 15) is 8.78 Å². The summed E-state index contributed by atoms with van der Waals surface area (Å²) < 4.78 is 24.1. The lowest BCUT2D eigenvalue weighted by molar-refractivity contribution is 0.477. The van der Waals surface area contributed by atoms with Crippen molar-refractivity contribution in [3.63, 3.8) is 0 Å². The molecule has 9 heavy (non-hydrogen) atoms. The van der Waals surface area contributed by atoms with E-state index in [-0.39, 0.29) is 5.56 Å². The molecule has 0 aliphatic rings. The summed E-state index contributed by atoms with van der Waals surface area (Å²) in [6.45, 7) is 1.47. The number of aryl methyl sites for hydroxylation is 1. The molecule has 0 aromatic carbocycles. The van der Waals surface area contributed by atoms with Crippen LogP contribution in [-0.4, -0.2) is 9.97 Å². The summed E-state index contributed by atoms with van der Waals surface area (Å²) in [5.74, 6) is -0.803. The number of rotatable bonds is 0. The van der Waals surface area contributed by atoms with E-state index in [1.54, 1.807) is 0 Å². The van der Waals surface area contributed by atoms with E-state index in [4.69, 9.17) is 0 Å². The van der Waals surface area contributed by atoms with Gasteiger partial charge in [0.25, 0.3) is 0 Å². The predicted molar refractivity (Wildman–Crippen MR) is 26.7 cm³/mol. The van der Waals surface area contributed by atoms with Gasteiger partial charge < -0.3 is 0 Å². The largest absolute Gasteiger partial charge is 0.311 e.